The number of urea groups is 1. The summed E-state index contributed by atoms with van der Waals surface area (Å²) in [5.41, 5.74) is 5.10. The Bertz CT molecular complexity index is 1410. The average molecular weight is 472 g/mol. The number of ether oxygens (including phenoxy) is 1. The zero-order chi connectivity index (χ0) is 25.4. The van der Waals surface area contributed by atoms with Crippen molar-refractivity contribution in [2.45, 2.75) is 27.7 Å². The topological polar surface area (TPSA) is 97.7 Å². The highest BCUT2D eigenvalue weighted by molar-refractivity contribution is 6.39. The molecule has 0 saturated carbocycles. The number of nitrogens with one attached hydrogen (secondary N) is 1. The van der Waals surface area contributed by atoms with Gasteiger partial charge in [-0.2, -0.15) is 0 Å². The Morgan fingerprint density at radius 1 is 0.943 bits per heavy atom. The van der Waals surface area contributed by atoms with E-state index < -0.39 is 23.8 Å². The van der Waals surface area contributed by atoms with E-state index >= 15 is 0 Å². The summed E-state index contributed by atoms with van der Waals surface area (Å²) in [7, 11) is 1.32. The molecule has 0 radical (unpaired) electrons. The van der Waals surface area contributed by atoms with Crippen molar-refractivity contribution in [3.05, 3.63) is 87.7 Å². The molecule has 1 N–H and O–H groups in total. The summed E-state index contributed by atoms with van der Waals surface area (Å²) in [5.74, 6) is -1.94. The number of aryl methyl sites for hydroxylation is 3. The summed E-state index contributed by atoms with van der Waals surface area (Å²) in [6, 6.07) is 13.4. The Morgan fingerprint density at radius 2 is 1.60 bits per heavy atom. The maximum absolute atomic E-state index is 13.3. The molecule has 8 nitrogen and oxygen atoms in total. The first-order chi connectivity index (χ1) is 16.6. The second kappa shape index (κ2) is 9.06. The minimum absolute atomic E-state index is 0.162. The van der Waals surface area contributed by atoms with Gasteiger partial charge < -0.3 is 9.30 Å². The smallest absolute Gasteiger partial charge is 0.339 e. The van der Waals surface area contributed by atoms with Crippen molar-refractivity contribution in [1.29, 1.82) is 0 Å². The van der Waals surface area contributed by atoms with Gasteiger partial charge in [-0.25, -0.2) is 14.5 Å². The molecule has 178 valence electrons. The van der Waals surface area contributed by atoms with Crippen molar-refractivity contribution >= 4 is 35.6 Å². The lowest BCUT2D eigenvalue weighted by Gasteiger charge is -2.27. The van der Waals surface area contributed by atoms with Gasteiger partial charge in [-0.3, -0.25) is 14.9 Å². The van der Waals surface area contributed by atoms with Crippen LogP contribution in [0.3, 0.4) is 0 Å². The Labute approximate surface area is 202 Å². The highest BCUT2D eigenvalue weighted by Crippen LogP contribution is 2.28. The number of benzene rings is 2. The number of hydrogen-bond acceptors (Lipinski definition) is 5. The van der Waals surface area contributed by atoms with Crippen LogP contribution < -0.4 is 10.2 Å². The predicted octanol–water partition coefficient (Wildman–Crippen LogP) is 4.16. The summed E-state index contributed by atoms with van der Waals surface area (Å²) in [6.45, 7) is 7.42. The van der Waals surface area contributed by atoms with Gasteiger partial charge in [-0.05, 0) is 80.8 Å². The number of imide groups is 2. The monoisotopic (exact) mass is 471 g/mol. The van der Waals surface area contributed by atoms with Crippen molar-refractivity contribution in [3.8, 4) is 5.69 Å². The molecule has 0 spiro atoms. The third-order valence-electron chi connectivity index (χ3n) is 5.89. The maximum Gasteiger partial charge on any atom is 0.339 e. The molecular formula is C27H25N3O5. The molecule has 0 atom stereocenters. The lowest BCUT2D eigenvalue weighted by atomic mass is 10.1. The second-order valence-electron chi connectivity index (χ2n) is 8.47. The van der Waals surface area contributed by atoms with Gasteiger partial charge in [-0.15, -0.1) is 0 Å². The van der Waals surface area contributed by atoms with Gasteiger partial charge in [0, 0.05) is 11.4 Å². The number of methoxy groups -OCH3 is 1. The third kappa shape index (κ3) is 4.26. The first-order valence-electron chi connectivity index (χ1n) is 11.0. The molecule has 1 aromatic heterocycles. The van der Waals surface area contributed by atoms with Crippen LogP contribution in [-0.2, 0) is 14.3 Å². The second-order valence-corrected chi connectivity index (χ2v) is 8.47. The largest absolute Gasteiger partial charge is 0.465 e. The number of amides is 4. The standard InChI is InChI=1S/C27H25N3O5/c1-15-10-16(2)12-20(11-15)30-25(32)22(24(31)28-27(30)34)14-19-13-17(3)29(18(19)4)23-9-7-6-8-21(23)26(33)35-5/h6-14H,1-5H3,(H,28,31,34)/b22-14+. The highest BCUT2D eigenvalue weighted by Gasteiger charge is 2.37. The molecule has 1 aliphatic heterocycles. The van der Waals surface area contributed by atoms with Gasteiger partial charge in [0.1, 0.15) is 5.57 Å². The zero-order valence-corrected chi connectivity index (χ0v) is 20.1. The Balaban J connectivity index is 1.80. The van der Waals surface area contributed by atoms with E-state index in [9.17, 15) is 19.2 Å². The fourth-order valence-electron chi connectivity index (χ4n) is 4.38. The molecule has 4 amide bonds. The van der Waals surface area contributed by atoms with Gasteiger partial charge in [0.25, 0.3) is 11.8 Å². The molecule has 4 rings (SSSR count). The molecule has 2 heterocycles. The highest BCUT2D eigenvalue weighted by atomic mass is 16.5. The molecule has 0 bridgehead atoms. The summed E-state index contributed by atoms with van der Waals surface area (Å²) < 4.78 is 6.77. The molecule has 1 aliphatic rings. The molecule has 1 fully saturated rings. The lowest BCUT2D eigenvalue weighted by Crippen LogP contribution is -2.54. The average Bonchev–Trinajstić information content (AvgIpc) is 3.07. The van der Waals surface area contributed by atoms with Gasteiger partial charge in [0.05, 0.1) is 24.0 Å². The Hall–Kier alpha value is -4.46. The number of hydrogen-bond donors (Lipinski definition) is 1. The van der Waals surface area contributed by atoms with Crippen LogP contribution in [0.25, 0.3) is 11.8 Å². The van der Waals surface area contributed by atoms with Crippen molar-refractivity contribution < 1.29 is 23.9 Å². The first kappa shape index (κ1) is 23.7. The van der Waals surface area contributed by atoms with E-state index in [1.54, 1.807) is 30.3 Å². The van der Waals surface area contributed by atoms with Crippen molar-refractivity contribution in [2.24, 2.45) is 0 Å². The van der Waals surface area contributed by atoms with Crippen LogP contribution in [0.15, 0.2) is 54.1 Å². The van der Waals surface area contributed by atoms with Gasteiger partial charge in [0.2, 0.25) is 0 Å². The van der Waals surface area contributed by atoms with Crippen LogP contribution in [-0.4, -0.2) is 35.5 Å². The molecule has 35 heavy (non-hydrogen) atoms. The number of carbonyl (C=O) groups is 4. The summed E-state index contributed by atoms with van der Waals surface area (Å²) >= 11 is 0. The summed E-state index contributed by atoms with van der Waals surface area (Å²) in [4.78, 5) is 51.9. The molecule has 2 aromatic carbocycles. The van der Waals surface area contributed by atoms with Crippen LogP contribution in [0.5, 0.6) is 0 Å². The Morgan fingerprint density at radius 3 is 2.26 bits per heavy atom. The molecular weight excluding hydrogens is 446 g/mol. The van der Waals surface area contributed by atoms with E-state index in [0.29, 0.717) is 28.2 Å². The van der Waals surface area contributed by atoms with E-state index in [2.05, 4.69) is 5.32 Å². The van der Waals surface area contributed by atoms with Gasteiger partial charge in [-0.1, -0.05) is 18.2 Å². The molecule has 0 unspecified atom stereocenters. The summed E-state index contributed by atoms with van der Waals surface area (Å²) in [6.07, 6.45) is 1.47. The molecule has 1 saturated heterocycles. The molecule has 3 aromatic rings. The minimum atomic E-state index is -0.792. The van der Waals surface area contributed by atoms with Crippen molar-refractivity contribution in [3.63, 3.8) is 0 Å². The minimum Gasteiger partial charge on any atom is -0.465 e. The quantitative estimate of drug-likeness (QED) is 0.350. The van der Waals surface area contributed by atoms with E-state index in [-0.39, 0.29) is 5.57 Å². The number of nitrogens with zero attached hydrogens (tertiary/aromatic N) is 2. The van der Waals surface area contributed by atoms with Crippen molar-refractivity contribution in [2.75, 3.05) is 12.0 Å². The van der Waals surface area contributed by atoms with Crippen LogP contribution in [0.1, 0.15) is 38.4 Å². The number of esters is 1. The van der Waals surface area contributed by atoms with Gasteiger partial charge >= 0.3 is 12.0 Å². The fraction of sp³-hybridized carbons (Fsp3) is 0.185. The molecule has 0 aliphatic carbocycles. The van der Waals surface area contributed by atoms with Crippen molar-refractivity contribution in [1.82, 2.24) is 9.88 Å². The van der Waals surface area contributed by atoms with Crippen LogP contribution in [0.2, 0.25) is 0 Å². The van der Waals surface area contributed by atoms with Crippen LogP contribution in [0, 0.1) is 27.7 Å². The number of barbiturate groups is 1. The lowest BCUT2D eigenvalue weighted by molar-refractivity contribution is -0.122. The normalized spacial score (nSPS) is 14.9. The fourth-order valence-corrected chi connectivity index (χ4v) is 4.38. The predicted molar refractivity (Wildman–Crippen MR) is 132 cm³/mol. The van der Waals surface area contributed by atoms with E-state index in [1.165, 1.54) is 13.2 Å². The maximum atomic E-state index is 13.3. The van der Waals surface area contributed by atoms with Crippen LogP contribution in [0.4, 0.5) is 10.5 Å². The first-order valence-corrected chi connectivity index (χ1v) is 11.0. The summed E-state index contributed by atoms with van der Waals surface area (Å²) in [5, 5.41) is 2.26. The number of aromatic nitrogens is 1. The molecule has 8 heteroatoms. The van der Waals surface area contributed by atoms with Crippen LogP contribution >= 0.6 is 0 Å². The number of para-hydroxylation sites is 1. The van der Waals surface area contributed by atoms with E-state index in [1.807, 2.05) is 50.5 Å². The Kier molecular flexibility index (Phi) is 6.13. The zero-order valence-electron chi connectivity index (χ0n) is 20.1. The number of anilines is 1. The van der Waals surface area contributed by atoms with Gasteiger partial charge in [0.15, 0.2) is 0 Å². The SMILES string of the molecule is COC(=O)c1ccccc1-n1c(C)cc(/C=C2\C(=O)NC(=O)N(c3cc(C)cc(C)c3)C2=O)c1C. The third-order valence-corrected chi connectivity index (χ3v) is 5.89. The van der Waals surface area contributed by atoms with E-state index in [0.717, 1.165) is 21.7 Å². The number of rotatable bonds is 4. The number of carbonyl (C=O) groups excluding carboxylic acids is 4. The van der Waals surface area contributed by atoms with E-state index in [4.69, 9.17) is 4.74 Å².